The van der Waals surface area contributed by atoms with E-state index in [1.165, 1.54) is 19.2 Å². The van der Waals surface area contributed by atoms with Crippen LogP contribution < -0.4 is 14.8 Å². The zero-order valence-corrected chi connectivity index (χ0v) is 23.2. The van der Waals surface area contributed by atoms with Crippen molar-refractivity contribution in [1.29, 1.82) is 0 Å². The second-order valence-electron chi connectivity index (χ2n) is 8.76. The molecule has 206 valence electrons. The normalized spacial score (nSPS) is 13.9. The summed E-state index contributed by atoms with van der Waals surface area (Å²) in [4.78, 5) is 40.8. The van der Waals surface area contributed by atoms with E-state index in [0.29, 0.717) is 23.5 Å². The van der Waals surface area contributed by atoms with Crippen molar-refractivity contribution in [3.63, 3.8) is 0 Å². The molecular formula is C26H30ClFN2O7S. The lowest BCUT2D eigenvalue weighted by Crippen LogP contribution is -2.38. The lowest BCUT2D eigenvalue weighted by Gasteiger charge is -2.27. The van der Waals surface area contributed by atoms with Gasteiger partial charge in [0.15, 0.2) is 11.5 Å². The maximum absolute atomic E-state index is 15.1. The Bertz CT molecular complexity index is 1360. The highest BCUT2D eigenvalue weighted by Gasteiger charge is 2.45. The van der Waals surface area contributed by atoms with Crippen LogP contribution in [0.15, 0.2) is 24.3 Å². The Balaban J connectivity index is 2.18. The van der Waals surface area contributed by atoms with Crippen LogP contribution in [0.3, 0.4) is 0 Å². The molecule has 2 aromatic carbocycles. The number of benzene rings is 2. The van der Waals surface area contributed by atoms with Crippen LogP contribution in [-0.4, -0.2) is 62.6 Å². The molecule has 0 fully saturated rings. The third-order valence-electron chi connectivity index (χ3n) is 6.06. The summed E-state index contributed by atoms with van der Waals surface area (Å²) in [6, 6.07) is 4.36. The molecule has 0 bridgehead atoms. The Labute approximate surface area is 226 Å². The van der Waals surface area contributed by atoms with Crippen LogP contribution in [0.25, 0.3) is 0 Å². The van der Waals surface area contributed by atoms with Crippen molar-refractivity contribution in [3.05, 3.63) is 52.3 Å². The summed E-state index contributed by atoms with van der Waals surface area (Å²) in [5.41, 5.74) is -0.215. The molecule has 0 saturated heterocycles. The number of hydrogen-bond donors (Lipinski definition) is 1. The van der Waals surface area contributed by atoms with Crippen LogP contribution in [0.4, 0.5) is 10.1 Å². The van der Waals surface area contributed by atoms with Crippen LogP contribution >= 0.6 is 11.6 Å². The zero-order valence-electron chi connectivity index (χ0n) is 21.6. The molecule has 1 atom stereocenters. The van der Waals surface area contributed by atoms with Gasteiger partial charge in [-0.05, 0) is 43.5 Å². The third kappa shape index (κ3) is 6.10. The first-order valence-corrected chi connectivity index (χ1v) is 14.6. The van der Waals surface area contributed by atoms with Crippen LogP contribution in [-0.2, 0) is 21.1 Å². The molecule has 1 aliphatic rings. The van der Waals surface area contributed by atoms with Gasteiger partial charge < -0.3 is 14.8 Å². The van der Waals surface area contributed by atoms with E-state index >= 15 is 4.39 Å². The van der Waals surface area contributed by atoms with Crippen LogP contribution in [0.1, 0.15) is 64.6 Å². The van der Waals surface area contributed by atoms with Crippen molar-refractivity contribution in [2.75, 3.05) is 36.9 Å². The molecule has 0 unspecified atom stereocenters. The fourth-order valence-corrected chi connectivity index (χ4v) is 5.47. The smallest absolute Gasteiger partial charge is 0.264 e. The van der Waals surface area contributed by atoms with Gasteiger partial charge in [-0.3, -0.25) is 19.3 Å². The van der Waals surface area contributed by atoms with Gasteiger partial charge in [-0.1, -0.05) is 13.0 Å². The van der Waals surface area contributed by atoms with Gasteiger partial charge in [0.1, 0.15) is 15.7 Å². The van der Waals surface area contributed by atoms with E-state index < -0.39 is 45.2 Å². The topological polar surface area (TPSA) is 119 Å². The molecule has 12 heteroatoms. The number of anilines is 1. The van der Waals surface area contributed by atoms with E-state index in [0.717, 1.165) is 17.2 Å². The first kappa shape index (κ1) is 29.4. The second kappa shape index (κ2) is 12.1. The van der Waals surface area contributed by atoms with Crippen molar-refractivity contribution in [1.82, 2.24) is 4.90 Å². The Morgan fingerprint density at radius 3 is 2.39 bits per heavy atom. The Kier molecular flexibility index (Phi) is 9.37. The Hall–Kier alpha value is -3.18. The number of nitrogens with one attached hydrogen (secondary N) is 1. The minimum Gasteiger partial charge on any atom is -0.493 e. The minimum atomic E-state index is -3.72. The summed E-state index contributed by atoms with van der Waals surface area (Å²) >= 11 is 5.65. The SMILES string of the molecule is CCOc1cc([C@@H](CS(C)(=O)=O)N2C(=O)c3c(NC(=O)CCCCl)cc(F)c(CC)c3C2=O)ccc1OC. The lowest BCUT2D eigenvalue weighted by molar-refractivity contribution is -0.116. The molecule has 0 aromatic heterocycles. The molecule has 38 heavy (non-hydrogen) atoms. The maximum Gasteiger partial charge on any atom is 0.264 e. The summed E-state index contributed by atoms with van der Waals surface area (Å²) in [6.07, 6.45) is 1.48. The van der Waals surface area contributed by atoms with E-state index in [4.69, 9.17) is 21.1 Å². The Morgan fingerprint density at radius 1 is 1.13 bits per heavy atom. The predicted molar refractivity (Wildman–Crippen MR) is 141 cm³/mol. The molecular weight excluding hydrogens is 539 g/mol. The number of nitrogens with zero attached hydrogens (tertiary/aromatic N) is 1. The molecule has 0 radical (unpaired) electrons. The molecule has 3 amide bonds. The minimum absolute atomic E-state index is 0.00227. The van der Waals surface area contributed by atoms with Gasteiger partial charge in [0.2, 0.25) is 5.91 Å². The number of carbonyl (C=O) groups excluding carboxylic acids is 3. The summed E-state index contributed by atoms with van der Waals surface area (Å²) in [5, 5.41) is 2.52. The predicted octanol–water partition coefficient (Wildman–Crippen LogP) is 4.13. The summed E-state index contributed by atoms with van der Waals surface area (Å²) in [7, 11) is -2.28. The number of fused-ring (bicyclic) bond motifs is 1. The van der Waals surface area contributed by atoms with Gasteiger partial charge in [0.05, 0.1) is 42.3 Å². The monoisotopic (exact) mass is 568 g/mol. The fourth-order valence-electron chi connectivity index (χ4n) is 4.43. The number of sulfone groups is 1. The van der Waals surface area contributed by atoms with Crippen molar-refractivity contribution in [3.8, 4) is 11.5 Å². The highest BCUT2D eigenvalue weighted by Crippen LogP contribution is 2.40. The van der Waals surface area contributed by atoms with Gasteiger partial charge in [0, 0.05) is 24.1 Å². The van der Waals surface area contributed by atoms with E-state index in [9.17, 15) is 22.8 Å². The second-order valence-corrected chi connectivity index (χ2v) is 11.3. The molecule has 0 saturated carbocycles. The average molecular weight is 569 g/mol. The van der Waals surface area contributed by atoms with Crippen molar-refractivity contribution in [2.24, 2.45) is 0 Å². The summed E-state index contributed by atoms with van der Waals surface area (Å²) in [6.45, 7) is 3.67. The van der Waals surface area contributed by atoms with Crippen molar-refractivity contribution >= 4 is 44.8 Å². The van der Waals surface area contributed by atoms with Gasteiger partial charge in [-0.2, -0.15) is 0 Å². The molecule has 1 heterocycles. The van der Waals surface area contributed by atoms with Gasteiger partial charge in [-0.15, -0.1) is 11.6 Å². The summed E-state index contributed by atoms with van der Waals surface area (Å²) in [5.74, 6) is -2.61. The molecule has 0 aliphatic carbocycles. The van der Waals surface area contributed by atoms with Gasteiger partial charge in [-0.25, -0.2) is 12.8 Å². The van der Waals surface area contributed by atoms with Gasteiger partial charge >= 0.3 is 0 Å². The molecule has 9 nitrogen and oxygen atoms in total. The van der Waals surface area contributed by atoms with Crippen LogP contribution in [0.5, 0.6) is 11.5 Å². The zero-order chi connectivity index (χ0) is 28.2. The van der Waals surface area contributed by atoms with E-state index in [1.807, 2.05) is 0 Å². The van der Waals surface area contributed by atoms with Gasteiger partial charge in [0.25, 0.3) is 11.8 Å². The molecule has 1 aliphatic heterocycles. The number of imide groups is 1. The molecule has 3 rings (SSSR count). The largest absolute Gasteiger partial charge is 0.493 e. The number of methoxy groups -OCH3 is 1. The number of amides is 3. The number of alkyl halides is 1. The number of rotatable bonds is 12. The molecule has 1 N–H and O–H groups in total. The first-order chi connectivity index (χ1) is 18.0. The number of carbonyl (C=O) groups is 3. The highest BCUT2D eigenvalue weighted by molar-refractivity contribution is 7.90. The lowest BCUT2D eigenvalue weighted by atomic mass is 9.98. The van der Waals surface area contributed by atoms with Crippen LogP contribution in [0.2, 0.25) is 0 Å². The quantitative estimate of drug-likeness (QED) is 0.302. The summed E-state index contributed by atoms with van der Waals surface area (Å²) < 4.78 is 50.9. The fraction of sp³-hybridized carbons (Fsp3) is 0.423. The molecule has 0 spiro atoms. The van der Waals surface area contributed by atoms with E-state index in [-0.39, 0.29) is 47.7 Å². The Morgan fingerprint density at radius 2 is 1.82 bits per heavy atom. The van der Waals surface area contributed by atoms with Crippen LogP contribution in [0, 0.1) is 5.82 Å². The number of hydrogen-bond acceptors (Lipinski definition) is 7. The van der Waals surface area contributed by atoms with E-state index in [2.05, 4.69) is 5.32 Å². The van der Waals surface area contributed by atoms with Crippen molar-refractivity contribution < 1.29 is 36.7 Å². The number of ether oxygens (including phenoxy) is 2. The first-order valence-electron chi connectivity index (χ1n) is 12.0. The third-order valence-corrected chi connectivity index (χ3v) is 7.24. The average Bonchev–Trinajstić information content (AvgIpc) is 3.11. The number of halogens is 2. The standard InChI is InChI=1S/C26H30ClFN2O7S/c1-5-16-17(28)13-18(29-22(31)8-7-11-27)24-23(16)25(32)30(26(24)33)19(14-38(4,34)35)15-9-10-20(36-3)21(12-15)37-6-2/h9-10,12-13,19H,5-8,11,14H2,1-4H3,(H,29,31)/t19-/m1/s1. The molecule has 2 aromatic rings. The van der Waals surface area contributed by atoms with Crippen molar-refractivity contribution in [2.45, 2.75) is 39.2 Å². The maximum atomic E-state index is 15.1. The van der Waals surface area contributed by atoms with E-state index in [1.54, 1.807) is 19.9 Å². The highest BCUT2D eigenvalue weighted by atomic mass is 35.5.